The zero-order chi connectivity index (χ0) is 8.27. The first-order valence-electron chi connectivity index (χ1n) is 3.64. The Labute approximate surface area is 67.0 Å². The molecular formula is C9H13NO. The molecule has 1 atom stereocenters. The number of hydrogen-bond donors (Lipinski definition) is 1. The molecule has 1 aliphatic rings. The second-order valence-electron chi connectivity index (χ2n) is 2.64. The van der Waals surface area contributed by atoms with Gasteiger partial charge in [-0.15, -0.1) is 0 Å². The van der Waals surface area contributed by atoms with Crippen molar-refractivity contribution in [3.63, 3.8) is 0 Å². The Morgan fingerprint density at radius 2 is 2.55 bits per heavy atom. The maximum Gasteiger partial charge on any atom is 0.141 e. The minimum absolute atomic E-state index is 0.00231. The number of hydrogen-bond acceptors (Lipinski definition) is 2. The van der Waals surface area contributed by atoms with Crippen LogP contribution in [0.1, 0.15) is 13.3 Å². The van der Waals surface area contributed by atoms with Crippen LogP contribution in [0.25, 0.3) is 0 Å². The summed E-state index contributed by atoms with van der Waals surface area (Å²) in [5, 5.41) is 0. The molecule has 0 spiro atoms. The maximum absolute atomic E-state index is 5.67. The van der Waals surface area contributed by atoms with Crippen molar-refractivity contribution in [2.75, 3.05) is 0 Å². The van der Waals surface area contributed by atoms with Crippen molar-refractivity contribution in [3.8, 4) is 0 Å². The SMILES string of the molecule is C=C(C)OC1CC=CC=C1N. The largest absolute Gasteiger partial charge is 0.489 e. The molecule has 2 N–H and O–H groups in total. The molecule has 1 rings (SSSR count). The van der Waals surface area contributed by atoms with E-state index in [1.807, 2.05) is 25.2 Å². The van der Waals surface area contributed by atoms with Gasteiger partial charge in [-0.3, -0.25) is 0 Å². The van der Waals surface area contributed by atoms with Crippen LogP contribution in [0.15, 0.2) is 36.3 Å². The van der Waals surface area contributed by atoms with Crippen molar-refractivity contribution in [3.05, 3.63) is 36.3 Å². The highest BCUT2D eigenvalue weighted by Crippen LogP contribution is 2.14. The minimum atomic E-state index is -0.00231. The van der Waals surface area contributed by atoms with Crippen LogP contribution >= 0.6 is 0 Å². The lowest BCUT2D eigenvalue weighted by molar-refractivity contribution is 0.148. The monoisotopic (exact) mass is 151 g/mol. The normalized spacial score (nSPS) is 22.6. The molecule has 0 saturated carbocycles. The fourth-order valence-electron chi connectivity index (χ4n) is 0.984. The van der Waals surface area contributed by atoms with Crippen molar-refractivity contribution in [2.45, 2.75) is 19.4 Å². The lowest BCUT2D eigenvalue weighted by Gasteiger charge is -2.19. The van der Waals surface area contributed by atoms with Gasteiger partial charge in [0.1, 0.15) is 6.10 Å². The maximum atomic E-state index is 5.67. The number of rotatable bonds is 2. The summed E-state index contributed by atoms with van der Waals surface area (Å²) in [7, 11) is 0. The van der Waals surface area contributed by atoms with Gasteiger partial charge in [-0.1, -0.05) is 18.7 Å². The summed E-state index contributed by atoms with van der Waals surface area (Å²) >= 11 is 0. The smallest absolute Gasteiger partial charge is 0.141 e. The molecule has 0 amide bonds. The van der Waals surface area contributed by atoms with Gasteiger partial charge in [0.2, 0.25) is 0 Å². The van der Waals surface area contributed by atoms with Gasteiger partial charge in [0.15, 0.2) is 0 Å². The average molecular weight is 151 g/mol. The molecule has 0 heterocycles. The number of ether oxygens (including phenoxy) is 1. The Hall–Kier alpha value is -1.18. The molecule has 0 aliphatic heterocycles. The van der Waals surface area contributed by atoms with Crippen LogP contribution in [0.5, 0.6) is 0 Å². The van der Waals surface area contributed by atoms with Crippen LogP contribution in [0.2, 0.25) is 0 Å². The average Bonchev–Trinajstić information content (AvgIpc) is 1.93. The Bertz CT molecular complexity index is 216. The molecule has 0 saturated heterocycles. The third-order valence-corrected chi connectivity index (χ3v) is 1.49. The van der Waals surface area contributed by atoms with Gasteiger partial charge in [-0.2, -0.15) is 0 Å². The summed E-state index contributed by atoms with van der Waals surface area (Å²) in [5.74, 6) is 0.710. The molecule has 1 unspecified atom stereocenters. The Morgan fingerprint density at radius 1 is 1.82 bits per heavy atom. The minimum Gasteiger partial charge on any atom is -0.489 e. The van der Waals surface area contributed by atoms with E-state index < -0.39 is 0 Å². The molecule has 0 aromatic heterocycles. The van der Waals surface area contributed by atoms with Crippen molar-refractivity contribution in [1.82, 2.24) is 0 Å². The van der Waals surface area contributed by atoms with Crippen molar-refractivity contribution < 1.29 is 4.74 Å². The molecular weight excluding hydrogens is 138 g/mol. The van der Waals surface area contributed by atoms with E-state index in [0.717, 1.165) is 12.1 Å². The molecule has 0 bridgehead atoms. The molecule has 0 aromatic carbocycles. The third-order valence-electron chi connectivity index (χ3n) is 1.49. The predicted molar refractivity (Wildman–Crippen MR) is 45.7 cm³/mol. The second-order valence-corrected chi connectivity index (χ2v) is 2.64. The van der Waals surface area contributed by atoms with Gasteiger partial charge < -0.3 is 10.5 Å². The Kier molecular flexibility index (Phi) is 2.36. The van der Waals surface area contributed by atoms with Crippen molar-refractivity contribution in [1.29, 1.82) is 0 Å². The van der Waals surface area contributed by atoms with Crippen LogP contribution in [-0.2, 0) is 4.74 Å². The highest BCUT2D eigenvalue weighted by molar-refractivity contribution is 5.20. The molecule has 11 heavy (non-hydrogen) atoms. The molecule has 0 aromatic rings. The van der Waals surface area contributed by atoms with E-state index in [1.54, 1.807) is 0 Å². The van der Waals surface area contributed by atoms with Gasteiger partial charge in [-0.25, -0.2) is 0 Å². The Balaban J connectivity index is 2.54. The topological polar surface area (TPSA) is 35.2 Å². The first-order chi connectivity index (χ1) is 5.20. The lowest BCUT2D eigenvalue weighted by atomic mass is 10.1. The van der Waals surface area contributed by atoms with Crippen LogP contribution in [0, 0.1) is 0 Å². The van der Waals surface area contributed by atoms with Gasteiger partial charge in [0.05, 0.1) is 5.76 Å². The first kappa shape index (κ1) is 7.92. The molecule has 0 fully saturated rings. The zero-order valence-electron chi connectivity index (χ0n) is 6.71. The van der Waals surface area contributed by atoms with Crippen LogP contribution in [-0.4, -0.2) is 6.10 Å². The van der Waals surface area contributed by atoms with Gasteiger partial charge in [-0.05, 0) is 13.0 Å². The van der Waals surface area contributed by atoms with Crippen molar-refractivity contribution >= 4 is 0 Å². The standard InChI is InChI=1S/C9H13NO/c1-7(2)11-9-6-4-3-5-8(9)10/h3-5,9H,1,6,10H2,2H3. The second kappa shape index (κ2) is 3.28. The summed E-state index contributed by atoms with van der Waals surface area (Å²) in [6, 6.07) is 0. The molecule has 2 nitrogen and oxygen atoms in total. The molecule has 60 valence electrons. The summed E-state index contributed by atoms with van der Waals surface area (Å²) in [4.78, 5) is 0. The van der Waals surface area contributed by atoms with E-state index in [9.17, 15) is 0 Å². The fraction of sp³-hybridized carbons (Fsp3) is 0.333. The van der Waals surface area contributed by atoms with E-state index in [-0.39, 0.29) is 6.10 Å². The van der Waals surface area contributed by atoms with Crippen LogP contribution < -0.4 is 5.73 Å². The van der Waals surface area contributed by atoms with Crippen LogP contribution in [0.4, 0.5) is 0 Å². The van der Waals surface area contributed by atoms with Gasteiger partial charge in [0, 0.05) is 12.1 Å². The van der Waals surface area contributed by atoms with E-state index in [4.69, 9.17) is 10.5 Å². The van der Waals surface area contributed by atoms with Crippen LogP contribution in [0.3, 0.4) is 0 Å². The lowest BCUT2D eigenvalue weighted by Crippen LogP contribution is -2.21. The zero-order valence-corrected chi connectivity index (χ0v) is 6.71. The van der Waals surface area contributed by atoms with E-state index in [1.165, 1.54) is 0 Å². The van der Waals surface area contributed by atoms with Crippen molar-refractivity contribution in [2.24, 2.45) is 5.73 Å². The quantitative estimate of drug-likeness (QED) is 0.610. The highest BCUT2D eigenvalue weighted by atomic mass is 16.5. The van der Waals surface area contributed by atoms with E-state index in [2.05, 4.69) is 6.58 Å². The van der Waals surface area contributed by atoms with Gasteiger partial charge >= 0.3 is 0 Å². The molecule has 2 heteroatoms. The summed E-state index contributed by atoms with van der Waals surface area (Å²) < 4.78 is 5.36. The van der Waals surface area contributed by atoms with E-state index >= 15 is 0 Å². The Morgan fingerprint density at radius 3 is 3.09 bits per heavy atom. The van der Waals surface area contributed by atoms with E-state index in [0.29, 0.717) is 5.76 Å². The first-order valence-corrected chi connectivity index (χ1v) is 3.64. The third kappa shape index (κ3) is 2.15. The number of nitrogens with two attached hydrogens (primary N) is 1. The summed E-state index contributed by atoms with van der Waals surface area (Å²) in [5.41, 5.74) is 6.44. The summed E-state index contributed by atoms with van der Waals surface area (Å²) in [6.07, 6.45) is 6.67. The van der Waals surface area contributed by atoms with Gasteiger partial charge in [0.25, 0.3) is 0 Å². The fourth-order valence-corrected chi connectivity index (χ4v) is 0.984. The predicted octanol–water partition coefficient (Wildman–Crippen LogP) is 1.71. The molecule has 1 aliphatic carbocycles. The molecule has 0 radical (unpaired) electrons. The highest BCUT2D eigenvalue weighted by Gasteiger charge is 2.12. The summed E-state index contributed by atoms with van der Waals surface area (Å²) in [6.45, 7) is 5.48. The number of allylic oxidation sites excluding steroid dienone is 3.